The molecular weight excluding hydrogens is 259 g/mol. The smallest absolute Gasteiger partial charge is 0.146 e. The summed E-state index contributed by atoms with van der Waals surface area (Å²) >= 11 is 3.33. The van der Waals surface area contributed by atoms with Gasteiger partial charge >= 0.3 is 0 Å². The molecule has 0 atom stereocenters. The third kappa shape index (κ3) is 2.33. The highest BCUT2D eigenvalue weighted by atomic mass is 79.9. The largest absolute Gasteiger partial charge is 0.337 e. The fourth-order valence-corrected chi connectivity index (χ4v) is 1.52. The Balaban J connectivity index is 2.30. The zero-order chi connectivity index (χ0) is 10.7. The maximum absolute atomic E-state index is 13.3. The molecule has 0 fully saturated rings. The molecule has 0 radical (unpaired) electrons. The van der Waals surface area contributed by atoms with E-state index in [0.717, 1.165) is 4.47 Å². The van der Waals surface area contributed by atoms with Crippen LogP contribution in [0.3, 0.4) is 0 Å². The van der Waals surface area contributed by atoms with Crippen LogP contribution >= 0.6 is 15.9 Å². The molecule has 0 aliphatic carbocycles. The second-order valence-electron chi connectivity index (χ2n) is 2.94. The molecule has 4 heteroatoms. The molecule has 1 N–H and O–H groups in total. The summed E-state index contributed by atoms with van der Waals surface area (Å²) in [7, 11) is 0. The van der Waals surface area contributed by atoms with E-state index < -0.39 is 0 Å². The van der Waals surface area contributed by atoms with Crippen LogP contribution in [0.25, 0.3) is 0 Å². The van der Waals surface area contributed by atoms with Gasteiger partial charge in [0.25, 0.3) is 0 Å². The normalized spacial score (nSPS) is 10.0. The Labute approximate surface area is 95.3 Å². The van der Waals surface area contributed by atoms with Crippen molar-refractivity contribution in [3.8, 4) is 0 Å². The van der Waals surface area contributed by atoms with Crippen molar-refractivity contribution in [1.82, 2.24) is 4.98 Å². The van der Waals surface area contributed by atoms with Gasteiger partial charge in [-0.15, -0.1) is 0 Å². The molecule has 0 saturated carbocycles. The minimum Gasteiger partial charge on any atom is -0.337 e. The van der Waals surface area contributed by atoms with Crippen LogP contribution < -0.4 is 5.32 Å². The Bertz CT molecular complexity index is 430. The number of benzene rings is 1. The maximum atomic E-state index is 13.3. The number of para-hydroxylation sites is 1. The molecule has 1 aromatic heterocycles. The van der Waals surface area contributed by atoms with E-state index in [-0.39, 0.29) is 5.82 Å². The molecule has 2 aromatic rings. The van der Waals surface area contributed by atoms with Gasteiger partial charge in [0, 0.05) is 6.20 Å². The standard InChI is InChI=1S/C11H8BrFN2/c12-8-4-3-7-14-11(8)15-10-6-2-1-5-9(10)13/h1-7H,(H,14,15). The lowest BCUT2D eigenvalue weighted by Crippen LogP contribution is -1.96. The summed E-state index contributed by atoms with van der Waals surface area (Å²) in [6.07, 6.45) is 1.65. The number of rotatable bonds is 2. The third-order valence-corrected chi connectivity index (χ3v) is 2.53. The molecule has 0 amide bonds. The molecule has 76 valence electrons. The SMILES string of the molecule is Fc1ccccc1Nc1ncccc1Br. The predicted molar refractivity (Wildman–Crippen MR) is 61.6 cm³/mol. The third-order valence-electron chi connectivity index (χ3n) is 1.89. The lowest BCUT2D eigenvalue weighted by Gasteiger charge is -2.07. The van der Waals surface area contributed by atoms with Crippen molar-refractivity contribution in [3.05, 3.63) is 52.9 Å². The summed E-state index contributed by atoms with van der Waals surface area (Å²) in [4.78, 5) is 4.09. The van der Waals surface area contributed by atoms with Crippen LogP contribution in [0.2, 0.25) is 0 Å². The van der Waals surface area contributed by atoms with Crippen molar-refractivity contribution in [3.63, 3.8) is 0 Å². The quantitative estimate of drug-likeness (QED) is 0.896. The van der Waals surface area contributed by atoms with Gasteiger partial charge in [0.1, 0.15) is 11.6 Å². The summed E-state index contributed by atoms with van der Waals surface area (Å²) in [6.45, 7) is 0. The van der Waals surface area contributed by atoms with Crippen molar-refractivity contribution < 1.29 is 4.39 Å². The highest BCUT2D eigenvalue weighted by Gasteiger charge is 2.03. The molecule has 2 nitrogen and oxygen atoms in total. The van der Waals surface area contributed by atoms with E-state index in [2.05, 4.69) is 26.2 Å². The number of nitrogens with zero attached hydrogens (tertiary/aromatic N) is 1. The Kier molecular flexibility index (Phi) is 2.97. The summed E-state index contributed by atoms with van der Waals surface area (Å²) in [5.74, 6) is 0.303. The number of hydrogen-bond acceptors (Lipinski definition) is 2. The van der Waals surface area contributed by atoms with Gasteiger partial charge < -0.3 is 5.32 Å². The monoisotopic (exact) mass is 266 g/mol. The molecule has 0 spiro atoms. The molecule has 0 saturated heterocycles. The van der Waals surface area contributed by atoms with Gasteiger partial charge in [0.15, 0.2) is 0 Å². The fourth-order valence-electron chi connectivity index (χ4n) is 1.17. The molecular formula is C11H8BrFN2. The van der Waals surface area contributed by atoms with E-state index >= 15 is 0 Å². The van der Waals surface area contributed by atoms with E-state index in [1.165, 1.54) is 6.07 Å². The average molecular weight is 267 g/mol. The van der Waals surface area contributed by atoms with Crippen LogP contribution in [0, 0.1) is 5.82 Å². The molecule has 2 rings (SSSR count). The minimum absolute atomic E-state index is 0.296. The number of aromatic nitrogens is 1. The highest BCUT2D eigenvalue weighted by molar-refractivity contribution is 9.10. The van der Waals surface area contributed by atoms with Gasteiger partial charge in [-0.3, -0.25) is 0 Å². The van der Waals surface area contributed by atoms with Crippen LogP contribution in [-0.2, 0) is 0 Å². The lowest BCUT2D eigenvalue weighted by molar-refractivity contribution is 0.632. The van der Waals surface area contributed by atoms with Gasteiger partial charge in [0.2, 0.25) is 0 Å². The van der Waals surface area contributed by atoms with Crippen molar-refractivity contribution in [2.45, 2.75) is 0 Å². The van der Waals surface area contributed by atoms with Gasteiger partial charge in [-0.2, -0.15) is 0 Å². The van der Waals surface area contributed by atoms with Gasteiger partial charge in [0.05, 0.1) is 10.2 Å². The molecule has 1 aromatic carbocycles. The molecule has 0 aliphatic rings. The zero-order valence-electron chi connectivity index (χ0n) is 7.74. The van der Waals surface area contributed by atoms with Crippen LogP contribution in [0.5, 0.6) is 0 Å². The van der Waals surface area contributed by atoms with Crippen LogP contribution in [0.15, 0.2) is 47.1 Å². The second-order valence-corrected chi connectivity index (χ2v) is 3.79. The van der Waals surface area contributed by atoms with Crippen LogP contribution in [-0.4, -0.2) is 4.98 Å². The molecule has 0 aliphatic heterocycles. The van der Waals surface area contributed by atoms with Gasteiger partial charge in [-0.1, -0.05) is 12.1 Å². The summed E-state index contributed by atoms with van der Waals surface area (Å²) in [6, 6.07) is 10.1. The number of halogens is 2. The number of hydrogen-bond donors (Lipinski definition) is 1. The zero-order valence-corrected chi connectivity index (χ0v) is 9.33. The first-order valence-corrected chi connectivity index (χ1v) is 5.19. The Morgan fingerprint density at radius 2 is 1.93 bits per heavy atom. The number of anilines is 2. The van der Waals surface area contributed by atoms with Gasteiger partial charge in [-0.25, -0.2) is 9.37 Å². The van der Waals surface area contributed by atoms with E-state index in [4.69, 9.17) is 0 Å². The lowest BCUT2D eigenvalue weighted by atomic mass is 10.3. The van der Waals surface area contributed by atoms with Crippen molar-refractivity contribution in [2.75, 3.05) is 5.32 Å². The van der Waals surface area contributed by atoms with E-state index in [9.17, 15) is 4.39 Å². The molecule has 0 bridgehead atoms. The summed E-state index contributed by atoms with van der Waals surface area (Å²) in [5.41, 5.74) is 0.414. The van der Waals surface area contributed by atoms with E-state index in [0.29, 0.717) is 11.5 Å². The summed E-state index contributed by atoms with van der Waals surface area (Å²) < 4.78 is 14.1. The van der Waals surface area contributed by atoms with Crippen molar-refractivity contribution in [2.24, 2.45) is 0 Å². The number of pyridine rings is 1. The fraction of sp³-hybridized carbons (Fsp3) is 0. The van der Waals surface area contributed by atoms with Crippen molar-refractivity contribution in [1.29, 1.82) is 0 Å². The first-order chi connectivity index (χ1) is 7.27. The Hall–Kier alpha value is -1.42. The maximum Gasteiger partial charge on any atom is 0.146 e. The average Bonchev–Trinajstić information content (AvgIpc) is 2.24. The molecule has 0 unspecified atom stereocenters. The molecule has 1 heterocycles. The van der Waals surface area contributed by atoms with Crippen molar-refractivity contribution >= 4 is 27.4 Å². The second kappa shape index (κ2) is 4.40. The Morgan fingerprint density at radius 3 is 2.67 bits per heavy atom. The predicted octanol–water partition coefficient (Wildman–Crippen LogP) is 3.73. The van der Waals surface area contributed by atoms with E-state index in [1.807, 2.05) is 6.07 Å². The minimum atomic E-state index is -0.296. The molecule has 15 heavy (non-hydrogen) atoms. The summed E-state index contributed by atoms with van der Waals surface area (Å²) in [5, 5.41) is 2.91. The van der Waals surface area contributed by atoms with Crippen LogP contribution in [0.4, 0.5) is 15.9 Å². The topological polar surface area (TPSA) is 24.9 Å². The number of nitrogens with one attached hydrogen (secondary N) is 1. The highest BCUT2D eigenvalue weighted by Crippen LogP contribution is 2.24. The first-order valence-electron chi connectivity index (χ1n) is 4.39. The van der Waals surface area contributed by atoms with Gasteiger partial charge in [-0.05, 0) is 40.2 Å². The Morgan fingerprint density at radius 1 is 1.13 bits per heavy atom. The van der Waals surface area contributed by atoms with Crippen LogP contribution in [0.1, 0.15) is 0 Å². The van der Waals surface area contributed by atoms with E-state index in [1.54, 1.807) is 30.5 Å². The first kappa shape index (κ1) is 10.1.